The molecule has 0 bridgehead atoms. The highest BCUT2D eigenvalue weighted by Gasteiger charge is 2.26. The standard InChI is InChI=1S/C14H19N3OS/c1-9(2)3-4-12-16-14(18-17-12)13-10-6-8-19-11(10)5-7-15-13/h6,8-9,13,15H,3-5,7H2,1-2H3. The van der Waals surface area contributed by atoms with E-state index in [0.29, 0.717) is 11.8 Å². The van der Waals surface area contributed by atoms with Gasteiger partial charge in [0.25, 0.3) is 0 Å². The first-order valence-electron chi connectivity index (χ1n) is 6.86. The highest BCUT2D eigenvalue weighted by molar-refractivity contribution is 7.10. The number of nitrogens with one attached hydrogen (secondary N) is 1. The Bertz CT molecular complexity index is 546. The van der Waals surface area contributed by atoms with Gasteiger partial charge in [-0.3, -0.25) is 0 Å². The van der Waals surface area contributed by atoms with Gasteiger partial charge >= 0.3 is 0 Å². The van der Waals surface area contributed by atoms with Gasteiger partial charge in [0.2, 0.25) is 5.89 Å². The number of aryl methyl sites for hydroxylation is 1. The summed E-state index contributed by atoms with van der Waals surface area (Å²) >= 11 is 1.81. The van der Waals surface area contributed by atoms with Crippen LogP contribution in [0.3, 0.4) is 0 Å². The molecule has 5 heteroatoms. The van der Waals surface area contributed by atoms with Gasteiger partial charge in [0.05, 0.1) is 0 Å². The number of aromatic nitrogens is 2. The summed E-state index contributed by atoms with van der Waals surface area (Å²) in [6.45, 7) is 5.39. The van der Waals surface area contributed by atoms with Gasteiger partial charge in [-0.25, -0.2) is 0 Å². The normalized spacial score (nSPS) is 18.8. The van der Waals surface area contributed by atoms with E-state index >= 15 is 0 Å². The van der Waals surface area contributed by atoms with Crippen molar-refractivity contribution in [1.82, 2.24) is 15.5 Å². The first-order chi connectivity index (χ1) is 9.24. The van der Waals surface area contributed by atoms with Gasteiger partial charge in [-0.05, 0) is 35.8 Å². The predicted octanol–water partition coefficient (Wildman–Crippen LogP) is 2.95. The molecule has 0 spiro atoms. The number of fused-ring (bicyclic) bond motifs is 1. The first kappa shape index (κ1) is 12.8. The lowest BCUT2D eigenvalue weighted by Gasteiger charge is -2.20. The van der Waals surface area contributed by atoms with Crippen LogP contribution in [-0.2, 0) is 12.8 Å². The highest BCUT2D eigenvalue weighted by atomic mass is 32.1. The van der Waals surface area contributed by atoms with Crippen molar-refractivity contribution in [2.45, 2.75) is 39.2 Å². The number of hydrogen-bond acceptors (Lipinski definition) is 5. The van der Waals surface area contributed by atoms with E-state index in [1.54, 1.807) is 0 Å². The Hall–Kier alpha value is -1.20. The molecule has 1 aliphatic heterocycles. The summed E-state index contributed by atoms with van der Waals surface area (Å²) in [4.78, 5) is 5.98. The maximum atomic E-state index is 5.44. The Labute approximate surface area is 117 Å². The maximum Gasteiger partial charge on any atom is 0.248 e. The molecule has 3 rings (SSSR count). The third-order valence-electron chi connectivity index (χ3n) is 3.47. The van der Waals surface area contributed by atoms with E-state index in [0.717, 1.165) is 31.6 Å². The SMILES string of the molecule is CC(C)CCc1noc(C2NCCc3sccc32)n1. The van der Waals surface area contributed by atoms with Crippen LogP contribution in [0.4, 0.5) is 0 Å². The van der Waals surface area contributed by atoms with Crippen molar-refractivity contribution in [1.29, 1.82) is 0 Å². The molecule has 0 aliphatic carbocycles. The van der Waals surface area contributed by atoms with Crippen LogP contribution < -0.4 is 5.32 Å². The van der Waals surface area contributed by atoms with Crippen molar-refractivity contribution in [3.63, 3.8) is 0 Å². The fourth-order valence-corrected chi connectivity index (χ4v) is 3.30. The summed E-state index contributed by atoms with van der Waals surface area (Å²) in [6, 6.07) is 2.24. The van der Waals surface area contributed by atoms with Crippen molar-refractivity contribution in [2.75, 3.05) is 6.54 Å². The molecule has 0 fully saturated rings. The summed E-state index contributed by atoms with van der Waals surface area (Å²) in [6.07, 6.45) is 3.09. The second kappa shape index (κ2) is 5.43. The summed E-state index contributed by atoms with van der Waals surface area (Å²) in [5.41, 5.74) is 1.30. The minimum atomic E-state index is 0.0790. The van der Waals surface area contributed by atoms with Crippen LogP contribution in [0.1, 0.15) is 48.5 Å². The predicted molar refractivity (Wildman–Crippen MR) is 75.3 cm³/mol. The molecule has 0 saturated heterocycles. The van der Waals surface area contributed by atoms with Gasteiger partial charge < -0.3 is 9.84 Å². The van der Waals surface area contributed by atoms with Gasteiger partial charge in [-0.15, -0.1) is 11.3 Å². The zero-order valence-corrected chi connectivity index (χ0v) is 12.2. The molecule has 1 unspecified atom stereocenters. The molecule has 3 heterocycles. The van der Waals surface area contributed by atoms with Gasteiger partial charge in [0.15, 0.2) is 5.82 Å². The van der Waals surface area contributed by atoms with Crippen LogP contribution in [0.2, 0.25) is 0 Å². The monoisotopic (exact) mass is 277 g/mol. The van der Waals surface area contributed by atoms with Crippen molar-refractivity contribution >= 4 is 11.3 Å². The van der Waals surface area contributed by atoms with Crippen molar-refractivity contribution in [3.05, 3.63) is 33.6 Å². The number of thiophene rings is 1. The van der Waals surface area contributed by atoms with Crippen LogP contribution in [0.15, 0.2) is 16.0 Å². The van der Waals surface area contributed by atoms with Gasteiger partial charge in [-0.2, -0.15) is 4.98 Å². The molecule has 0 aromatic carbocycles. The number of hydrogen-bond donors (Lipinski definition) is 1. The molecular weight excluding hydrogens is 258 g/mol. The molecule has 0 radical (unpaired) electrons. The van der Waals surface area contributed by atoms with E-state index in [1.165, 1.54) is 10.4 Å². The van der Waals surface area contributed by atoms with E-state index in [2.05, 4.69) is 40.8 Å². The van der Waals surface area contributed by atoms with E-state index in [9.17, 15) is 0 Å². The molecular formula is C14H19N3OS. The third-order valence-corrected chi connectivity index (χ3v) is 4.46. The molecule has 1 aliphatic rings. The first-order valence-corrected chi connectivity index (χ1v) is 7.74. The molecule has 0 saturated carbocycles. The second-order valence-corrected chi connectivity index (χ2v) is 6.42. The minimum Gasteiger partial charge on any atom is -0.337 e. The van der Waals surface area contributed by atoms with Crippen LogP contribution in [-0.4, -0.2) is 16.7 Å². The van der Waals surface area contributed by atoms with E-state index in [-0.39, 0.29) is 6.04 Å². The summed E-state index contributed by atoms with van der Waals surface area (Å²) in [5, 5.41) is 9.70. The smallest absolute Gasteiger partial charge is 0.248 e. The average Bonchev–Trinajstić information content (AvgIpc) is 3.04. The molecule has 1 N–H and O–H groups in total. The molecule has 0 amide bonds. The van der Waals surface area contributed by atoms with Crippen LogP contribution in [0.5, 0.6) is 0 Å². The Kier molecular flexibility index (Phi) is 3.66. The summed E-state index contributed by atoms with van der Waals surface area (Å²) < 4.78 is 5.44. The summed E-state index contributed by atoms with van der Waals surface area (Å²) in [7, 11) is 0. The lowest BCUT2D eigenvalue weighted by atomic mass is 10.0. The molecule has 2 aromatic rings. The van der Waals surface area contributed by atoms with Crippen LogP contribution >= 0.6 is 11.3 Å². The molecule has 19 heavy (non-hydrogen) atoms. The molecule has 4 nitrogen and oxygen atoms in total. The van der Waals surface area contributed by atoms with Crippen molar-refractivity contribution in [2.24, 2.45) is 5.92 Å². The fraction of sp³-hybridized carbons (Fsp3) is 0.571. The maximum absolute atomic E-state index is 5.44. The largest absolute Gasteiger partial charge is 0.337 e. The van der Waals surface area contributed by atoms with E-state index < -0.39 is 0 Å². The molecule has 1 atom stereocenters. The second-order valence-electron chi connectivity index (χ2n) is 5.42. The molecule has 2 aromatic heterocycles. The van der Waals surface area contributed by atoms with Crippen molar-refractivity contribution in [3.8, 4) is 0 Å². The van der Waals surface area contributed by atoms with E-state index in [4.69, 9.17) is 4.52 Å². The average molecular weight is 277 g/mol. The zero-order valence-electron chi connectivity index (χ0n) is 11.3. The Morgan fingerprint density at radius 3 is 3.26 bits per heavy atom. The van der Waals surface area contributed by atoms with E-state index in [1.807, 2.05) is 11.3 Å². The molecule has 102 valence electrons. The number of rotatable bonds is 4. The highest BCUT2D eigenvalue weighted by Crippen LogP contribution is 2.31. The Morgan fingerprint density at radius 1 is 1.53 bits per heavy atom. The quantitative estimate of drug-likeness (QED) is 0.933. The Balaban J connectivity index is 1.77. The Morgan fingerprint density at radius 2 is 2.42 bits per heavy atom. The fourth-order valence-electron chi connectivity index (χ4n) is 2.38. The van der Waals surface area contributed by atoms with Gasteiger partial charge in [0, 0.05) is 17.8 Å². The van der Waals surface area contributed by atoms with Crippen molar-refractivity contribution < 1.29 is 4.52 Å². The third kappa shape index (κ3) is 2.72. The van der Waals surface area contributed by atoms with Gasteiger partial charge in [0.1, 0.15) is 6.04 Å². The lowest BCUT2D eigenvalue weighted by Crippen LogP contribution is -2.29. The van der Waals surface area contributed by atoms with Crippen LogP contribution in [0, 0.1) is 5.92 Å². The topological polar surface area (TPSA) is 51.0 Å². The zero-order chi connectivity index (χ0) is 13.2. The lowest BCUT2D eigenvalue weighted by molar-refractivity contribution is 0.340. The van der Waals surface area contributed by atoms with Gasteiger partial charge in [-0.1, -0.05) is 19.0 Å². The summed E-state index contributed by atoms with van der Waals surface area (Å²) in [5.74, 6) is 2.20. The number of nitrogens with zero attached hydrogens (tertiary/aromatic N) is 2. The minimum absolute atomic E-state index is 0.0790. The van der Waals surface area contributed by atoms with Crippen LogP contribution in [0.25, 0.3) is 0 Å².